The van der Waals surface area contributed by atoms with E-state index in [1.54, 1.807) is 11.3 Å². The lowest BCUT2D eigenvalue weighted by atomic mass is 10.2. The van der Waals surface area contributed by atoms with Crippen LogP contribution in [0.3, 0.4) is 0 Å². The summed E-state index contributed by atoms with van der Waals surface area (Å²) in [5, 5.41) is 1.24. The van der Waals surface area contributed by atoms with Crippen molar-refractivity contribution in [3.05, 3.63) is 42.2 Å². The van der Waals surface area contributed by atoms with E-state index in [9.17, 15) is 0 Å². The third kappa shape index (κ3) is 1.10. The summed E-state index contributed by atoms with van der Waals surface area (Å²) in [6.07, 6.45) is 3.73. The zero-order chi connectivity index (χ0) is 13.3. The molecule has 4 aromatic heterocycles. The Balaban J connectivity index is 1.97. The predicted molar refractivity (Wildman–Crippen MR) is 78.6 cm³/mol. The van der Waals surface area contributed by atoms with Crippen molar-refractivity contribution in [2.75, 3.05) is 0 Å². The average molecular weight is 279 g/mol. The maximum Gasteiger partial charge on any atom is 0.303 e. The first-order chi connectivity index (χ1) is 9.84. The number of hydrogen-bond donors (Lipinski definition) is 0. The zero-order valence-corrected chi connectivity index (χ0v) is 11.7. The molecule has 5 heteroatoms. The van der Waals surface area contributed by atoms with E-state index in [0.717, 1.165) is 17.8 Å². The van der Waals surface area contributed by atoms with E-state index in [1.165, 1.54) is 26.4 Å². The Bertz CT molecular complexity index is 996. The van der Waals surface area contributed by atoms with Crippen LogP contribution in [0, 0.1) is 0 Å². The van der Waals surface area contributed by atoms with Gasteiger partial charge in [0.15, 0.2) is 10.2 Å². The standard InChI is InChI=1S/C15H11N4S/c1-18-10-5-3-7-17-12(10)13-14(18)19-8-9-4-2-6-16-11(9)15(19)20-13/h2-7H,8H2,1H3/q+1. The topological polar surface area (TPSA) is 34.6 Å². The Labute approximate surface area is 119 Å². The summed E-state index contributed by atoms with van der Waals surface area (Å²) < 4.78 is 5.86. The first-order valence-corrected chi connectivity index (χ1v) is 7.36. The summed E-state index contributed by atoms with van der Waals surface area (Å²) in [5.74, 6) is 0. The third-order valence-electron chi connectivity index (χ3n) is 4.01. The normalized spacial score (nSPS) is 13.1. The monoisotopic (exact) mass is 279 g/mol. The summed E-state index contributed by atoms with van der Waals surface area (Å²) in [6, 6.07) is 8.29. The summed E-state index contributed by atoms with van der Waals surface area (Å²) in [5.41, 5.74) is 5.95. The average Bonchev–Trinajstić information content (AvgIpc) is 3.09. The molecule has 0 saturated heterocycles. The molecule has 20 heavy (non-hydrogen) atoms. The Morgan fingerprint density at radius 3 is 3.00 bits per heavy atom. The van der Waals surface area contributed by atoms with Gasteiger partial charge in [-0.2, -0.15) is 0 Å². The molecular weight excluding hydrogens is 268 g/mol. The van der Waals surface area contributed by atoms with Crippen molar-refractivity contribution >= 4 is 32.7 Å². The smallest absolute Gasteiger partial charge is 0.251 e. The van der Waals surface area contributed by atoms with Gasteiger partial charge in [-0.05, 0) is 18.2 Å². The van der Waals surface area contributed by atoms with Crippen LogP contribution in [0.15, 0.2) is 36.7 Å². The quantitative estimate of drug-likeness (QED) is 0.408. The highest BCUT2D eigenvalue weighted by Crippen LogP contribution is 2.37. The van der Waals surface area contributed by atoms with Gasteiger partial charge in [0.1, 0.15) is 17.8 Å². The van der Waals surface area contributed by atoms with Crippen molar-refractivity contribution in [1.82, 2.24) is 14.5 Å². The van der Waals surface area contributed by atoms with Crippen LogP contribution >= 0.6 is 11.3 Å². The number of rotatable bonds is 0. The number of aryl methyl sites for hydroxylation is 1. The van der Waals surface area contributed by atoms with Crippen molar-refractivity contribution < 1.29 is 4.57 Å². The molecule has 96 valence electrons. The van der Waals surface area contributed by atoms with E-state index in [2.05, 4.69) is 38.3 Å². The fourth-order valence-corrected chi connectivity index (χ4v) is 4.44. The summed E-state index contributed by atoms with van der Waals surface area (Å²) in [7, 11) is 2.11. The molecule has 0 spiro atoms. The van der Waals surface area contributed by atoms with Crippen molar-refractivity contribution in [3.8, 4) is 10.7 Å². The molecule has 0 aliphatic carbocycles. The van der Waals surface area contributed by atoms with Crippen molar-refractivity contribution in [1.29, 1.82) is 0 Å². The molecule has 1 aliphatic heterocycles. The molecule has 5 heterocycles. The molecule has 0 aromatic carbocycles. The Kier molecular flexibility index (Phi) is 1.80. The number of aromatic nitrogens is 4. The van der Waals surface area contributed by atoms with E-state index in [4.69, 9.17) is 0 Å². The van der Waals surface area contributed by atoms with E-state index < -0.39 is 0 Å². The molecule has 0 atom stereocenters. The molecule has 0 amide bonds. The van der Waals surface area contributed by atoms with Gasteiger partial charge in [-0.3, -0.25) is 9.97 Å². The lowest BCUT2D eigenvalue weighted by molar-refractivity contribution is -0.644. The van der Waals surface area contributed by atoms with E-state index in [0.29, 0.717) is 0 Å². The SMILES string of the molecule is Cn1c2cccnc2c2sc3[n+](c21)Cc1cccnc1-3. The second-order valence-electron chi connectivity index (χ2n) is 5.09. The number of nitrogens with zero attached hydrogens (tertiary/aromatic N) is 4. The summed E-state index contributed by atoms with van der Waals surface area (Å²) in [6.45, 7) is 0.905. The van der Waals surface area contributed by atoms with Crippen LogP contribution in [-0.2, 0) is 13.6 Å². The van der Waals surface area contributed by atoms with Gasteiger partial charge in [-0.1, -0.05) is 17.4 Å². The van der Waals surface area contributed by atoms with Crippen LogP contribution in [0.5, 0.6) is 0 Å². The van der Waals surface area contributed by atoms with Gasteiger partial charge in [0.25, 0.3) is 0 Å². The molecule has 0 N–H and O–H groups in total. The highest BCUT2D eigenvalue weighted by Gasteiger charge is 2.33. The minimum absolute atomic E-state index is 0.905. The van der Waals surface area contributed by atoms with Crippen molar-refractivity contribution in [2.45, 2.75) is 6.54 Å². The number of fused-ring (bicyclic) bond motifs is 7. The maximum absolute atomic E-state index is 4.55. The van der Waals surface area contributed by atoms with Crippen LogP contribution in [0.4, 0.5) is 0 Å². The van der Waals surface area contributed by atoms with Gasteiger partial charge in [0, 0.05) is 18.0 Å². The highest BCUT2D eigenvalue weighted by atomic mass is 32.1. The van der Waals surface area contributed by atoms with Crippen LogP contribution < -0.4 is 4.57 Å². The highest BCUT2D eigenvalue weighted by molar-refractivity contribution is 7.22. The van der Waals surface area contributed by atoms with E-state index >= 15 is 0 Å². The van der Waals surface area contributed by atoms with Crippen molar-refractivity contribution in [3.63, 3.8) is 0 Å². The van der Waals surface area contributed by atoms with E-state index in [-0.39, 0.29) is 0 Å². The minimum atomic E-state index is 0.905. The van der Waals surface area contributed by atoms with Gasteiger partial charge in [0.05, 0.1) is 7.05 Å². The zero-order valence-electron chi connectivity index (χ0n) is 10.9. The van der Waals surface area contributed by atoms with Gasteiger partial charge >= 0.3 is 5.65 Å². The van der Waals surface area contributed by atoms with Gasteiger partial charge in [-0.25, -0.2) is 9.13 Å². The molecule has 4 aromatic rings. The summed E-state index contributed by atoms with van der Waals surface area (Å²) in [4.78, 5) is 9.10. The van der Waals surface area contributed by atoms with Crippen molar-refractivity contribution in [2.24, 2.45) is 7.05 Å². The molecule has 0 bridgehead atoms. The first-order valence-electron chi connectivity index (χ1n) is 6.54. The molecule has 0 radical (unpaired) electrons. The summed E-state index contributed by atoms with van der Waals surface area (Å²) >= 11 is 1.80. The fraction of sp³-hybridized carbons (Fsp3) is 0.133. The molecule has 5 rings (SSSR count). The largest absolute Gasteiger partial charge is 0.303 e. The maximum atomic E-state index is 4.55. The van der Waals surface area contributed by atoms with Gasteiger partial charge in [-0.15, -0.1) is 0 Å². The third-order valence-corrected chi connectivity index (χ3v) is 5.19. The second kappa shape index (κ2) is 3.43. The first kappa shape index (κ1) is 10.5. The minimum Gasteiger partial charge on any atom is -0.251 e. The van der Waals surface area contributed by atoms with Gasteiger partial charge < -0.3 is 0 Å². The van der Waals surface area contributed by atoms with Crippen LogP contribution in [0.2, 0.25) is 0 Å². The Morgan fingerprint density at radius 1 is 1.20 bits per heavy atom. The fourth-order valence-electron chi connectivity index (χ4n) is 3.11. The van der Waals surface area contributed by atoms with Crippen LogP contribution in [0.25, 0.3) is 32.1 Å². The molecular formula is C15H11N4S+. The molecule has 0 saturated carbocycles. The second-order valence-corrected chi connectivity index (χ2v) is 6.09. The molecule has 1 aliphatic rings. The number of hydrogen-bond acceptors (Lipinski definition) is 3. The van der Waals surface area contributed by atoms with Crippen LogP contribution in [-0.4, -0.2) is 14.5 Å². The lowest BCUT2D eigenvalue weighted by Gasteiger charge is -1.92. The molecule has 0 unspecified atom stereocenters. The number of pyridine rings is 2. The van der Waals surface area contributed by atoms with E-state index in [1.807, 2.05) is 24.5 Å². The van der Waals surface area contributed by atoms with Gasteiger partial charge in [0.2, 0.25) is 5.01 Å². The molecule has 0 fully saturated rings. The Morgan fingerprint density at radius 2 is 2.05 bits per heavy atom. The predicted octanol–water partition coefficient (Wildman–Crippen LogP) is 2.50. The number of thiazole rings is 1. The molecule has 4 nitrogen and oxygen atoms in total. The Hall–Kier alpha value is -2.27. The lowest BCUT2D eigenvalue weighted by Crippen LogP contribution is -2.32. The van der Waals surface area contributed by atoms with Crippen LogP contribution in [0.1, 0.15) is 5.56 Å².